The summed E-state index contributed by atoms with van der Waals surface area (Å²) in [7, 11) is 0. The van der Waals surface area contributed by atoms with Gasteiger partial charge in [-0.1, -0.05) is 6.07 Å². The molecule has 2 nitrogen and oxygen atoms in total. The van der Waals surface area contributed by atoms with E-state index in [-0.39, 0.29) is 11.9 Å². The molecule has 0 N–H and O–H groups in total. The van der Waals surface area contributed by atoms with Gasteiger partial charge < -0.3 is 4.74 Å². The van der Waals surface area contributed by atoms with Crippen LogP contribution < -0.4 is 4.74 Å². The van der Waals surface area contributed by atoms with E-state index in [9.17, 15) is 4.79 Å². The predicted octanol–water partition coefficient (Wildman–Crippen LogP) is 2.64. The van der Waals surface area contributed by atoms with E-state index in [2.05, 4.69) is 22.6 Å². The van der Waals surface area contributed by atoms with Gasteiger partial charge in [0.05, 0.1) is 9.13 Å². The molecular weight excluding hydrogens is 279 g/mol. The van der Waals surface area contributed by atoms with Crippen molar-refractivity contribution >= 4 is 28.4 Å². The summed E-state index contributed by atoms with van der Waals surface area (Å²) in [5.74, 6) is 0.944. The van der Waals surface area contributed by atoms with Crippen LogP contribution in [-0.2, 0) is 0 Å². The molecule has 0 spiro atoms. The number of hydrogen-bond acceptors (Lipinski definition) is 2. The number of carbonyl (C=O) groups is 1. The molecule has 13 heavy (non-hydrogen) atoms. The van der Waals surface area contributed by atoms with E-state index < -0.39 is 0 Å². The first-order valence-electron chi connectivity index (χ1n) is 4.17. The van der Waals surface area contributed by atoms with Gasteiger partial charge in [-0.25, -0.2) is 0 Å². The number of hydrogen-bond donors (Lipinski definition) is 0. The zero-order valence-electron chi connectivity index (χ0n) is 7.21. The average Bonchev–Trinajstić information content (AvgIpc) is 2.07. The molecule has 0 amide bonds. The second-order valence-electron chi connectivity index (χ2n) is 3.17. The predicted molar refractivity (Wildman–Crippen MR) is 58.2 cm³/mol. The highest BCUT2D eigenvalue weighted by Gasteiger charge is 2.24. The Morgan fingerprint density at radius 1 is 1.54 bits per heavy atom. The highest BCUT2D eigenvalue weighted by molar-refractivity contribution is 14.1. The maximum Gasteiger partial charge on any atom is 0.170 e. The molecule has 0 aliphatic carbocycles. The van der Waals surface area contributed by atoms with Crippen molar-refractivity contribution in [3.8, 4) is 5.75 Å². The van der Waals surface area contributed by atoms with Crippen LogP contribution in [0.15, 0.2) is 18.2 Å². The van der Waals surface area contributed by atoms with Crippen LogP contribution in [0.25, 0.3) is 0 Å². The Morgan fingerprint density at radius 3 is 3.08 bits per heavy atom. The van der Waals surface area contributed by atoms with Gasteiger partial charge in [0.15, 0.2) is 5.78 Å². The van der Waals surface area contributed by atoms with Crippen molar-refractivity contribution in [2.75, 3.05) is 0 Å². The molecule has 0 saturated carbocycles. The Morgan fingerprint density at radius 2 is 2.31 bits per heavy atom. The van der Waals surface area contributed by atoms with Gasteiger partial charge in [0.2, 0.25) is 0 Å². The lowest BCUT2D eigenvalue weighted by Crippen LogP contribution is -2.24. The molecule has 0 saturated heterocycles. The minimum atomic E-state index is 0.0101. The fourth-order valence-electron chi connectivity index (χ4n) is 1.46. The van der Waals surface area contributed by atoms with Gasteiger partial charge in [-0.3, -0.25) is 4.79 Å². The molecule has 2 rings (SSSR count). The van der Waals surface area contributed by atoms with Gasteiger partial charge in [-0.2, -0.15) is 0 Å². The monoisotopic (exact) mass is 288 g/mol. The van der Waals surface area contributed by atoms with Gasteiger partial charge in [0, 0.05) is 6.42 Å². The quantitative estimate of drug-likeness (QED) is 0.686. The average molecular weight is 288 g/mol. The van der Waals surface area contributed by atoms with E-state index in [1.54, 1.807) is 0 Å². The van der Waals surface area contributed by atoms with Crippen molar-refractivity contribution in [3.63, 3.8) is 0 Å². The molecule has 3 heteroatoms. The van der Waals surface area contributed by atoms with Crippen molar-refractivity contribution in [1.82, 2.24) is 0 Å². The normalized spacial score (nSPS) is 20.8. The lowest BCUT2D eigenvalue weighted by Gasteiger charge is -2.22. The van der Waals surface area contributed by atoms with Crippen LogP contribution in [-0.4, -0.2) is 11.9 Å². The minimum absolute atomic E-state index is 0.0101. The Labute approximate surface area is 90.4 Å². The number of ether oxygens (including phenoxy) is 1. The van der Waals surface area contributed by atoms with Crippen LogP contribution in [0, 0.1) is 3.57 Å². The molecule has 68 valence electrons. The van der Waals surface area contributed by atoms with Crippen LogP contribution in [0.5, 0.6) is 5.75 Å². The number of para-hydroxylation sites is 1. The van der Waals surface area contributed by atoms with Crippen LogP contribution in [0.1, 0.15) is 23.7 Å². The fraction of sp³-hybridized carbons (Fsp3) is 0.300. The maximum absolute atomic E-state index is 11.6. The zero-order chi connectivity index (χ0) is 9.42. The van der Waals surface area contributed by atoms with Crippen molar-refractivity contribution < 1.29 is 9.53 Å². The molecule has 1 aromatic rings. The summed E-state index contributed by atoms with van der Waals surface area (Å²) in [5.41, 5.74) is 0.727. The van der Waals surface area contributed by atoms with Crippen molar-refractivity contribution in [2.45, 2.75) is 19.4 Å². The van der Waals surface area contributed by atoms with E-state index in [1.807, 2.05) is 25.1 Å². The third-order valence-electron chi connectivity index (χ3n) is 2.06. The third kappa shape index (κ3) is 1.57. The summed E-state index contributed by atoms with van der Waals surface area (Å²) >= 11 is 2.19. The first-order chi connectivity index (χ1) is 6.18. The van der Waals surface area contributed by atoms with Crippen LogP contribution in [0.3, 0.4) is 0 Å². The van der Waals surface area contributed by atoms with Crippen LogP contribution in [0.4, 0.5) is 0 Å². The number of rotatable bonds is 0. The molecule has 1 aliphatic rings. The third-order valence-corrected chi connectivity index (χ3v) is 2.91. The summed E-state index contributed by atoms with van der Waals surface area (Å²) < 4.78 is 6.61. The van der Waals surface area contributed by atoms with Gasteiger partial charge in [-0.05, 0) is 41.6 Å². The molecule has 1 aromatic carbocycles. The molecule has 0 aromatic heterocycles. The molecule has 1 unspecified atom stereocenters. The van der Waals surface area contributed by atoms with Gasteiger partial charge >= 0.3 is 0 Å². The number of halogens is 1. The van der Waals surface area contributed by atoms with E-state index >= 15 is 0 Å². The smallest absolute Gasteiger partial charge is 0.170 e. The first-order valence-corrected chi connectivity index (χ1v) is 5.24. The maximum atomic E-state index is 11.6. The molecule has 1 heterocycles. The summed E-state index contributed by atoms with van der Waals surface area (Å²) in [4.78, 5) is 11.6. The second kappa shape index (κ2) is 3.29. The summed E-state index contributed by atoms with van der Waals surface area (Å²) in [6.45, 7) is 1.92. The van der Waals surface area contributed by atoms with Crippen LogP contribution in [0.2, 0.25) is 0 Å². The number of fused-ring (bicyclic) bond motifs is 1. The molecular formula is C10H9IO2. The van der Waals surface area contributed by atoms with Gasteiger partial charge in [0.1, 0.15) is 11.9 Å². The largest absolute Gasteiger partial charge is 0.488 e. The Bertz CT molecular complexity index is 360. The second-order valence-corrected chi connectivity index (χ2v) is 4.33. The van der Waals surface area contributed by atoms with E-state index in [0.29, 0.717) is 6.42 Å². The number of benzene rings is 1. The van der Waals surface area contributed by atoms with Gasteiger partial charge in [-0.15, -0.1) is 0 Å². The SMILES string of the molecule is CC1CC(=O)c2cccc(I)c2O1. The van der Waals surface area contributed by atoms with Crippen molar-refractivity contribution in [2.24, 2.45) is 0 Å². The summed E-state index contributed by atoms with van der Waals surface area (Å²) in [5, 5.41) is 0. The minimum Gasteiger partial charge on any atom is -0.488 e. The van der Waals surface area contributed by atoms with Crippen molar-refractivity contribution in [3.05, 3.63) is 27.3 Å². The fourth-order valence-corrected chi connectivity index (χ4v) is 2.09. The highest BCUT2D eigenvalue weighted by atomic mass is 127. The molecule has 0 fully saturated rings. The number of Topliss-reactive ketones (excluding diaryl/α,β-unsaturated/α-hetero) is 1. The Hall–Kier alpha value is -0.580. The number of carbonyl (C=O) groups excluding carboxylic acids is 1. The molecule has 0 radical (unpaired) electrons. The zero-order valence-corrected chi connectivity index (χ0v) is 9.37. The lowest BCUT2D eigenvalue weighted by molar-refractivity contribution is 0.0869. The highest BCUT2D eigenvalue weighted by Crippen LogP contribution is 2.31. The summed E-state index contributed by atoms with van der Waals surface area (Å²) in [6, 6.07) is 5.66. The standard InChI is InChI=1S/C10H9IO2/c1-6-5-9(12)7-3-2-4-8(11)10(7)13-6/h2-4,6H,5H2,1H3. The first kappa shape index (κ1) is 8.99. The van der Waals surface area contributed by atoms with E-state index in [1.165, 1.54) is 0 Å². The van der Waals surface area contributed by atoms with Crippen molar-refractivity contribution in [1.29, 1.82) is 0 Å². The molecule has 1 atom stereocenters. The van der Waals surface area contributed by atoms with Crippen LogP contribution >= 0.6 is 22.6 Å². The van der Waals surface area contributed by atoms with E-state index in [0.717, 1.165) is 14.9 Å². The number of ketones is 1. The topological polar surface area (TPSA) is 26.3 Å². The van der Waals surface area contributed by atoms with Gasteiger partial charge in [0.25, 0.3) is 0 Å². The Kier molecular flexibility index (Phi) is 2.27. The molecule has 1 aliphatic heterocycles. The van der Waals surface area contributed by atoms with E-state index in [4.69, 9.17) is 4.74 Å². The molecule has 0 bridgehead atoms. The lowest BCUT2D eigenvalue weighted by atomic mass is 10.0. The Balaban J connectivity index is 2.55. The summed E-state index contributed by atoms with van der Waals surface area (Å²) in [6.07, 6.45) is 0.503.